The predicted octanol–water partition coefficient (Wildman–Crippen LogP) is 2.28. The van der Waals surface area contributed by atoms with Gasteiger partial charge >= 0.3 is 0 Å². The molecule has 132 valence electrons. The zero-order valence-corrected chi connectivity index (χ0v) is 15.3. The third-order valence-corrected chi connectivity index (χ3v) is 5.03. The number of nitrogens with one attached hydrogen (secondary N) is 2. The van der Waals surface area contributed by atoms with Gasteiger partial charge in [0.1, 0.15) is 5.65 Å². The highest BCUT2D eigenvalue weighted by Crippen LogP contribution is 2.24. The van der Waals surface area contributed by atoms with Gasteiger partial charge in [-0.15, -0.1) is 0 Å². The summed E-state index contributed by atoms with van der Waals surface area (Å²) in [6.45, 7) is 9.94. The average molecular weight is 339 g/mol. The number of carbonyl (C=O) groups is 1. The number of aryl methyl sites for hydroxylation is 2. The Kier molecular flexibility index (Phi) is 4.78. The highest BCUT2D eigenvalue weighted by molar-refractivity contribution is 5.85. The van der Waals surface area contributed by atoms with Gasteiger partial charge < -0.3 is 15.2 Å². The second kappa shape index (κ2) is 6.85. The molecule has 1 fully saturated rings. The van der Waals surface area contributed by atoms with E-state index in [2.05, 4.69) is 35.2 Å². The van der Waals surface area contributed by atoms with Crippen molar-refractivity contribution in [2.24, 2.45) is 11.8 Å². The third-order valence-electron chi connectivity index (χ3n) is 5.03. The van der Waals surface area contributed by atoms with Gasteiger partial charge in [-0.25, -0.2) is 4.98 Å². The molecule has 0 aromatic carbocycles. The molecule has 1 saturated heterocycles. The van der Waals surface area contributed by atoms with Gasteiger partial charge in [0.25, 0.3) is 0 Å². The maximum atomic E-state index is 12.8. The Hall–Kier alpha value is -2.39. The van der Waals surface area contributed by atoms with Gasteiger partial charge in [0, 0.05) is 37.4 Å². The minimum Gasteiger partial charge on any atom is -0.346 e. The number of amides is 1. The number of hydrogen-bond acceptors (Lipinski definition) is 4. The van der Waals surface area contributed by atoms with Crippen LogP contribution in [-0.4, -0.2) is 39.9 Å². The lowest BCUT2D eigenvalue weighted by atomic mass is 9.96. The molecule has 25 heavy (non-hydrogen) atoms. The van der Waals surface area contributed by atoms with Crippen molar-refractivity contribution in [2.45, 2.75) is 40.3 Å². The van der Waals surface area contributed by atoms with Crippen molar-refractivity contribution in [3.63, 3.8) is 0 Å². The first-order chi connectivity index (χ1) is 11.9. The van der Waals surface area contributed by atoms with Crippen LogP contribution in [0.5, 0.6) is 0 Å². The van der Waals surface area contributed by atoms with E-state index in [1.165, 1.54) is 5.56 Å². The summed E-state index contributed by atoms with van der Waals surface area (Å²) < 4.78 is 0. The first-order valence-electron chi connectivity index (χ1n) is 8.76. The van der Waals surface area contributed by atoms with E-state index >= 15 is 0 Å². The smallest absolute Gasteiger partial charge is 0.240 e. The molecule has 1 amide bonds. The minimum atomic E-state index is -0.249. The van der Waals surface area contributed by atoms with E-state index in [0.717, 1.165) is 22.2 Å². The molecule has 0 bridgehead atoms. The van der Waals surface area contributed by atoms with Gasteiger partial charge in [0.2, 0.25) is 5.91 Å². The Morgan fingerprint density at radius 2 is 2.16 bits per heavy atom. The number of nitriles is 1. The molecule has 1 aliphatic heterocycles. The molecular weight excluding hydrogens is 314 g/mol. The molecule has 2 aromatic heterocycles. The molecule has 6 nitrogen and oxygen atoms in total. The summed E-state index contributed by atoms with van der Waals surface area (Å²) in [5.74, 6) is 0.259. The SMILES string of the molecule is Cc1cnc2[nH]cc(C)c2c1CNC(C(=O)N1CC(C#N)C1)C(C)C. The monoisotopic (exact) mass is 339 g/mol. The number of fused-ring (bicyclic) bond motifs is 1. The van der Waals surface area contributed by atoms with E-state index in [9.17, 15) is 4.79 Å². The zero-order chi connectivity index (χ0) is 18.1. The highest BCUT2D eigenvalue weighted by atomic mass is 16.2. The summed E-state index contributed by atoms with van der Waals surface area (Å²) in [5, 5.41) is 13.5. The van der Waals surface area contributed by atoms with Crippen molar-refractivity contribution in [3.05, 3.63) is 29.1 Å². The molecule has 3 rings (SSSR count). The summed E-state index contributed by atoms with van der Waals surface area (Å²) in [5.41, 5.74) is 4.34. The van der Waals surface area contributed by atoms with Crippen molar-refractivity contribution in [2.75, 3.05) is 13.1 Å². The first-order valence-corrected chi connectivity index (χ1v) is 8.76. The van der Waals surface area contributed by atoms with Crippen LogP contribution in [0.4, 0.5) is 0 Å². The molecule has 1 atom stereocenters. The molecule has 2 aromatic rings. The fourth-order valence-electron chi connectivity index (χ4n) is 3.41. The Morgan fingerprint density at radius 1 is 1.44 bits per heavy atom. The predicted molar refractivity (Wildman–Crippen MR) is 96.7 cm³/mol. The summed E-state index contributed by atoms with van der Waals surface area (Å²) >= 11 is 0. The summed E-state index contributed by atoms with van der Waals surface area (Å²) in [6, 6.07) is 1.97. The fourth-order valence-corrected chi connectivity index (χ4v) is 3.41. The second-order valence-electron chi connectivity index (χ2n) is 7.29. The van der Waals surface area contributed by atoms with E-state index in [1.807, 2.05) is 26.2 Å². The molecule has 3 heterocycles. The lowest BCUT2D eigenvalue weighted by Crippen LogP contribution is -2.57. The molecule has 0 spiro atoms. The Balaban J connectivity index is 1.77. The molecule has 0 radical (unpaired) electrons. The van der Waals surface area contributed by atoms with Crippen LogP contribution in [0.2, 0.25) is 0 Å². The van der Waals surface area contributed by atoms with Crippen molar-refractivity contribution in [1.82, 2.24) is 20.2 Å². The van der Waals surface area contributed by atoms with Crippen molar-refractivity contribution in [1.29, 1.82) is 5.26 Å². The van der Waals surface area contributed by atoms with Gasteiger partial charge in [-0.1, -0.05) is 13.8 Å². The summed E-state index contributed by atoms with van der Waals surface area (Å²) in [6.07, 6.45) is 3.84. The second-order valence-corrected chi connectivity index (χ2v) is 7.29. The minimum absolute atomic E-state index is 0.0127. The van der Waals surface area contributed by atoms with Crippen LogP contribution < -0.4 is 5.32 Å². The third kappa shape index (κ3) is 3.24. The van der Waals surface area contributed by atoms with E-state index in [1.54, 1.807) is 4.90 Å². The Labute approximate surface area is 148 Å². The Bertz CT molecular complexity index is 826. The lowest BCUT2D eigenvalue weighted by molar-refractivity contribution is -0.139. The van der Waals surface area contributed by atoms with Crippen LogP contribution in [0.3, 0.4) is 0 Å². The number of carbonyl (C=O) groups excluding carboxylic acids is 1. The number of aromatic nitrogens is 2. The van der Waals surface area contributed by atoms with E-state index in [4.69, 9.17) is 5.26 Å². The Morgan fingerprint density at radius 3 is 2.80 bits per heavy atom. The number of aromatic amines is 1. The van der Waals surface area contributed by atoms with Crippen LogP contribution in [0.15, 0.2) is 12.4 Å². The van der Waals surface area contributed by atoms with Gasteiger partial charge in [-0.3, -0.25) is 4.79 Å². The normalized spacial score (nSPS) is 16.1. The fraction of sp³-hybridized carbons (Fsp3) is 0.526. The maximum absolute atomic E-state index is 12.8. The van der Waals surface area contributed by atoms with Gasteiger partial charge in [-0.05, 0) is 36.5 Å². The molecule has 0 saturated carbocycles. The molecule has 2 N–H and O–H groups in total. The zero-order valence-electron chi connectivity index (χ0n) is 15.3. The van der Waals surface area contributed by atoms with Gasteiger partial charge in [-0.2, -0.15) is 5.26 Å². The van der Waals surface area contributed by atoms with E-state index in [-0.39, 0.29) is 23.8 Å². The summed E-state index contributed by atoms with van der Waals surface area (Å²) in [4.78, 5) is 22.2. The van der Waals surface area contributed by atoms with Crippen LogP contribution >= 0.6 is 0 Å². The van der Waals surface area contributed by atoms with E-state index < -0.39 is 0 Å². The molecule has 1 aliphatic rings. The largest absolute Gasteiger partial charge is 0.346 e. The number of H-pyrrole nitrogens is 1. The number of hydrogen-bond donors (Lipinski definition) is 2. The topological polar surface area (TPSA) is 84.8 Å². The van der Waals surface area contributed by atoms with Crippen LogP contribution in [-0.2, 0) is 11.3 Å². The lowest BCUT2D eigenvalue weighted by Gasteiger charge is -2.38. The highest BCUT2D eigenvalue weighted by Gasteiger charge is 2.35. The van der Waals surface area contributed by atoms with Crippen molar-refractivity contribution in [3.8, 4) is 6.07 Å². The van der Waals surface area contributed by atoms with Crippen molar-refractivity contribution >= 4 is 16.9 Å². The maximum Gasteiger partial charge on any atom is 0.240 e. The average Bonchev–Trinajstić information content (AvgIpc) is 2.89. The van der Waals surface area contributed by atoms with Crippen molar-refractivity contribution < 1.29 is 4.79 Å². The van der Waals surface area contributed by atoms with Crippen LogP contribution in [0, 0.1) is 37.0 Å². The quantitative estimate of drug-likeness (QED) is 0.875. The number of pyridine rings is 1. The molecule has 0 aliphatic carbocycles. The number of likely N-dealkylation sites (tertiary alicyclic amines) is 1. The first kappa shape index (κ1) is 17.4. The van der Waals surface area contributed by atoms with Crippen LogP contribution in [0.25, 0.3) is 11.0 Å². The number of nitrogens with zero attached hydrogens (tertiary/aromatic N) is 3. The number of rotatable bonds is 5. The van der Waals surface area contributed by atoms with Crippen LogP contribution in [0.1, 0.15) is 30.5 Å². The van der Waals surface area contributed by atoms with E-state index in [0.29, 0.717) is 19.6 Å². The summed E-state index contributed by atoms with van der Waals surface area (Å²) in [7, 11) is 0. The molecule has 1 unspecified atom stereocenters. The standard InChI is InChI=1S/C19H25N5O/c1-11(2)17(19(25)24-9-14(5-20)10-24)21-8-15-12(3)6-22-18-16(15)13(4)7-23-18/h6-7,11,14,17,21H,8-10H2,1-4H3,(H,22,23). The van der Waals surface area contributed by atoms with Gasteiger partial charge in [0.15, 0.2) is 0 Å². The molecular formula is C19H25N5O. The molecule has 6 heteroatoms. The van der Waals surface area contributed by atoms with Gasteiger partial charge in [0.05, 0.1) is 18.0 Å².